The van der Waals surface area contributed by atoms with Crippen molar-refractivity contribution in [2.75, 3.05) is 56.2 Å². The average Bonchev–Trinajstić information content (AvgIpc) is 4.02. The highest BCUT2D eigenvalue weighted by molar-refractivity contribution is 5.95. The molecule has 3 aromatic carbocycles. The van der Waals surface area contributed by atoms with E-state index in [2.05, 4.69) is 75.7 Å². The second-order valence-electron chi connectivity index (χ2n) is 23.3. The van der Waals surface area contributed by atoms with Gasteiger partial charge in [0.1, 0.15) is 23.7 Å². The lowest BCUT2D eigenvalue weighted by Crippen LogP contribution is -2.74. The van der Waals surface area contributed by atoms with E-state index in [-0.39, 0.29) is 46.4 Å². The first kappa shape index (κ1) is 49.7. The number of carbonyl (C=O) groups is 2. The average molecular weight is 1010 g/mol. The van der Waals surface area contributed by atoms with Crippen LogP contribution in [-0.2, 0) is 31.2 Å². The van der Waals surface area contributed by atoms with Crippen LogP contribution < -0.4 is 24.6 Å². The van der Waals surface area contributed by atoms with Gasteiger partial charge in [-0.2, -0.15) is 15.5 Å². The number of likely N-dealkylation sites (tertiary alicyclic amines) is 1. The zero-order valence-electron chi connectivity index (χ0n) is 44.0. The Kier molecular flexibility index (Phi) is 12.8. The van der Waals surface area contributed by atoms with Crippen molar-refractivity contribution >= 4 is 29.0 Å². The van der Waals surface area contributed by atoms with Crippen molar-refractivity contribution in [1.82, 2.24) is 34.7 Å². The number of aryl methyl sites for hydroxylation is 2. The number of amides is 2. The van der Waals surface area contributed by atoms with Crippen molar-refractivity contribution in [3.05, 3.63) is 100 Å². The fraction of sp³-hybridized carbons (Fsp3) is 0.534. The number of fused-ring (bicyclic) bond motifs is 2. The second-order valence-corrected chi connectivity index (χ2v) is 23.3. The van der Waals surface area contributed by atoms with E-state index in [1.807, 2.05) is 23.1 Å². The van der Waals surface area contributed by atoms with Crippen LogP contribution in [0.4, 0.5) is 26.0 Å². The molecule has 2 aliphatic carbocycles. The van der Waals surface area contributed by atoms with Gasteiger partial charge in [0.2, 0.25) is 5.91 Å². The summed E-state index contributed by atoms with van der Waals surface area (Å²) >= 11 is 0. The number of halogens is 2. The van der Waals surface area contributed by atoms with Gasteiger partial charge < -0.3 is 34.4 Å². The highest BCUT2D eigenvalue weighted by Gasteiger charge is 2.64. The smallest absolute Gasteiger partial charge is 0.264 e. The van der Waals surface area contributed by atoms with Crippen molar-refractivity contribution in [1.29, 1.82) is 5.26 Å². The Morgan fingerprint density at radius 1 is 0.878 bits per heavy atom. The van der Waals surface area contributed by atoms with Crippen LogP contribution in [-0.4, -0.2) is 106 Å². The fourth-order valence-electron chi connectivity index (χ4n) is 14.2. The first-order valence-corrected chi connectivity index (χ1v) is 26.7. The Balaban J connectivity index is 0.694. The first-order chi connectivity index (χ1) is 35.5. The molecule has 1 N–H and O–H groups in total. The minimum Gasteiger partial charge on any atom is -0.495 e. The van der Waals surface area contributed by atoms with E-state index in [9.17, 15) is 23.6 Å². The second kappa shape index (κ2) is 19.0. The molecule has 74 heavy (non-hydrogen) atoms. The summed E-state index contributed by atoms with van der Waals surface area (Å²) in [7, 11) is 3.34. The van der Waals surface area contributed by atoms with E-state index in [1.165, 1.54) is 31.4 Å². The number of piperidine rings is 1. The predicted molar refractivity (Wildman–Crippen MR) is 280 cm³/mol. The normalized spacial score (nSPS) is 22.4. The van der Waals surface area contributed by atoms with Crippen LogP contribution >= 0.6 is 0 Å². The van der Waals surface area contributed by atoms with Gasteiger partial charge in [-0.05, 0) is 112 Å². The third-order valence-electron chi connectivity index (χ3n) is 17.9. The minimum absolute atomic E-state index is 0.0259. The Hall–Kier alpha value is -6.47. The van der Waals surface area contributed by atoms with Crippen LogP contribution in [0.15, 0.2) is 66.9 Å². The number of aromatic nitrogens is 4. The number of hydrogen-bond donors (Lipinski definition) is 1. The molecule has 4 fully saturated rings. The Bertz CT molecular complexity index is 2970. The largest absolute Gasteiger partial charge is 0.495 e. The molecule has 0 bridgehead atoms. The maximum atomic E-state index is 14.8. The topological polar surface area (TPSA) is 137 Å². The molecular weight excluding hydrogens is 939 g/mol. The van der Waals surface area contributed by atoms with Crippen LogP contribution in [0.25, 0.3) is 11.3 Å². The van der Waals surface area contributed by atoms with Crippen LogP contribution in [0.5, 0.6) is 11.5 Å². The van der Waals surface area contributed by atoms with Crippen LogP contribution in [0, 0.1) is 27.6 Å². The summed E-state index contributed by atoms with van der Waals surface area (Å²) < 4.78 is 45.4. The molecule has 2 aromatic heterocycles. The number of ether oxygens (including phenoxy) is 2. The van der Waals surface area contributed by atoms with Gasteiger partial charge in [0.25, 0.3) is 12.3 Å². The van der Waals surface area contributed by atoms with Crippen LogP contribution in [0.2, 0.25) is 0 Å². The Labute approximate surface area is 433 Å². The van der Waals surface area contributed by atoms with Gasteiger partial charge in [-0.1, -0.05) is 27.7 Å². The molecule has 6 aliphatic rings. The Morgan fingerprint density at radius 3 is 2.26 bits per heavy atom. The zero-order chi connectivity index (χ0) is 51.8. The number of nitrogens with one attached hydrogen (secondary N) is 1. The van der Waals surface area contributed by atoms with E-state index in [1.54, 1.807) is 62.3 Å². The first-order valence-electron chi connectivity index (χ1n) is 26.7. The predicted octanol–water partition coefficient (Wildman–Crippen LogP) is 9.79. The number of alkyl halides is 2. The lowest BCUT2D eigenvalue weighted by atomic mass is 9.49. The van der Waals surface area contributed by atoms with Gasteiger partial charge in [0, 0.05) is 140 Å². The molecule has 2 saturated carbocycles. The number of benzene rings is 3. The van der Waals surface area contributed by atoms with E-state index < -0.39 is 6.43 Å². The van der Waals surface area contributed by atoms with Crippen molar-refractivity contribution in [2.45, 2.75) is 130 Å². The number of methoxy groups -OCH3 is 1. The molecular formula is C58H70F2N10O4. The highest BCUT2D eigenvalue weighted by atomic mass is 19.3. The van der Waals surface area contributed by atoms with E-state index in [0.717, 1.165) is 86.6 Å². The molecule has 0 atom stereocenters. The maximum Gasteiger partial charge on any atom is 0.264 e. The third-order valence-corrected chi connectivity index (χ3v) is 17.9. The Morgan fingerprint density at radius 2 is 1.61 bits per heavy atom. The van der Waals surface area contributed by atoms with E-state index >= 15 is 0 Å². The summed E-state index contributed by atoms with van der Waals surface area (Å²) in [6.07, 6.45) is 8.11. The maximum absolute atomic E-state index is 14.8. The van der Waals surface area contributed by atoms with Crippen molar-refractivity contribution < 1.29 is 27.8 Å². The molecule has 11 rings (SSSR count). The number of nitriles is 1. The van der Waals surface area contributed by atoms with Gasteiger partial charge in [-0.15, -0.1) is 0 Å². The molecule has 390 valence electrons. The number of nitrogens with zero attached hydrogens (tertiary/aromatic N) is 9. The molecule has 4 aliphatic heterocycles. The van der Waals surface area contributed by atoms with Crippen molar-refractivity contribution in [3.63, 3.8) is 0 Å². The molecule has 16 heteroatoms. The summed E-state index contributed by atoms with van der Waals surface area (Å²) in [6, 6.07) is 21.5. The lowest BCUT2D eigenvalue weighted by molar-refractivity contribution is -0.164. The van der Waals surface area contributed by atoms with Crippen LogP contribution in [0.3, 0.4) is 0 Å². The SMILES string of the molecule is COc1cc(OC2C(C)(C)C(NC(=O)c3ccc(N4CC5(CCC(N6CCC(n7nc(N8CCCc9cc(-c%10ccn(C)n%10)c(C(F)F)cc98)c8c7CCN(C(C)=O)C8)CC6)CC5)C4)cc3)C2(C)C)ccc1C#N. The number of hydrogen-bond acceptors (Lipinski definition) is 10. The number of anilines is 3. The standard InChI is InChI=1S/C58H70F2N10O4/c1-36(71)67-28-21-48-46(33-67)52(69-24-8-9-38-29-44(47-20-25-65(6)63-47)45(51(59)60)31-49(38)69)64-70(48)42-18-26-66(27-19-42)41-16-22-58(23-17-41)34-68(35-58)40-13-10-37(11-14-40)53(72)62-54-56(2,3)55(57(54,4)5)74-43-15-12-39(32-61)50(30-43)73-7/h10-15,20,25,29-31,41-42,51,54-55H,8-9,16-19,21-24,26-28,33-35H2,1-7H3,(H,62,72). The number of rotatable bonds is 11. The molecule has 2 saturated heterocycles. The minimum atomic E-state index is -2.66. The molecule has 2 amide bonds. The summed E-state index contributed by atoms with van der Waals surface area (Å²) in [4.78, 5) is 35.7. The molecule has 0 radical (unpaired) electrons. The van der Waals surface area contributed by atoms with Gasteiger partial charge in [-0.25, -0.2) is 8.78 Å². The third kappa shape index (κ3) is 8.76. The van der Waals surface area contributed by atoms with E-state index in [4.69, 9.17) is 14.6 Å². The molecule has 14 nitrogen and oxygen atoms in total. The fourth-order valence-corrected chi connectivity index (χ4v) is 14.2. The molecule has 5 aromatic rings. The molecule has 0 unspecified atom stereocenters. The van der Waals surface area contributed by atoms with E-state index in [0.29, 0.717) is 65.0 Å². The zero-order valence-corrected chi connectivity index (χ0v) is 44.0. The van der Waals surface area contributed by atoms with Crippen LogP contribution in [0.1, 0.15) is 130 Å². The highest BCUT2D eigenvalue weighted by Crippen LogP contribution is 2.56. The van der Waals surface area contributed by atoms with Gasteiger partial charge in [-0.3, -0.25) is 19.0 Å². The van der Waals surface area contributed by atoms with Gasteiger partial charge >= 0.3 is 0 Å². The van der Waals surface area contributed by atoms with Gasteiger partial charge in [0.05, 0.1) is 31.0 Å². The molecule has 6 heterocycles. The number of carbonyl (C=O) groups excluding carboxylic acids is 2. The van der Waals surface area contributed by atoms with Crippen molar-refractivity contribution in [3.8, 4) is 28.8 Å². The summed E-state index contributed by atoms with van der Waals surface area (Å²) in [5.74, 6) is 1.85. The molecule has 1 spiro atoms. The van der Waals surface area contributed by atoms with Crippen molar-refractivity contribution in [2.24, 2.45) is 23.3 Å². The quantitative estimate of drug-likeness (QED) is 0.136. The lowest BCUT2D eigenvalue weighted by Gasteiger charge is -2.63. The summed E-state index contributed by atoms with van der Waals surface area (Å²) in [5, 5.41) is 22.6. The summed E-state index contributed by atoms with van der Waals surface area (Å²) in [5.41, 5.74) is 6.89. The summed E-state index contributed by atoms with van der Waals surface area (Å²) in [6.45, 7) is 16.0. The van der Waals surface area contributed by atoms with Gasteiger partial charge in [0.15, 0.2) is 5.82 Å². The monoisotopic (exact) mass is 1010 g/mol.